The van der Waals surface area contributed by atoms with Crippen LogP contribution in [0.15, 0.2) is 18.2 Å². The summed E-state index contributed by atoms with van der Waals surface area (Å²) in [4.78, 5) is 27.6. The zero-order valence-corrected chi connectivity index (χ0v) is 18.0. The summed E-state index contributed by atoms with van der Waals surface area (Å²) in [5.74, 6) is 0.302. The zero-order valence-electron chi connectivity index (χ0n) is 15.1. The minimum atomic E-state index is -0.557. The summed E-state index contributed by atoms with van der Waals surface area (Å²) >= 11 is 0. The van der Waals surface area contributed by atoms with E-state index in [9.17, 15) is 9.59 Å². The van der Waals surface area contributed by atoms with Crippen molar-refractivity contribution in [3.8, 4) is 0 Å². The average molecular weight is 406 g/mol. The van der Waals surface area contributed by atoms with Crippen LogP contribution >= 0.6 is 0 Å². The number of hydrogen-bond donors (Lipinski definition) is 0. The number of anilines is 1. The van der Waals surface area contributed by atoms with E-state index in [0.717, 1.165) is 11.3 Å². The van der Waals surface area contributed by atoms with Crippen LogP contribution in [0.3, 0.4) is 0 Å². The molecule has 0 saturated carbocycles. The summed E-state index contributed by atoms with van der Waals surface area (Å²) in [6.45, 7) is 10.6. The van der Waals surface area contributed by atoms with Crippen molar-refractivity contribution in [2.75, 3.05) is 24.5 Å². The van der Waals surface area contributed by atoms with Gasteiger partial charge in [-0.3, -0.25) is 9.69 Å². The number of piperazine rings is 1. The smallest absolute Gasteiger partial charge is 0.410 e. The van der Waals surface area contributed by atoms with Gasteiger partial charge in [0.05, 0.1) is 0 Å². The van der Waals surface area contributed by atoms with Gasteiger partial charge in [0, 0.05) is 45.8 Å². The van der Waals surface area contributed by atoms with E-state index in [2.05, 4.69) is 19.9 Å². The Balaban J connectivity index is 0.00000288. The molecule has 0 bridgehead atoms. The Hall–Kier alpha value is -0.936. The number of carbonyl (C=O) groups excluding carboxylic acids is 2. The molecule has 0 unspecified atom stereocenters. The Morgan fingerprint density at radius 2 is 1.92 bits per heavy atom. The molecule has 0 N–H and O–H groups in total. The number of rotatable bonds is 2. The Labute approximate surface area is 169 Å². The van der Waals surface area contributed by atoms with E-state index in [1.165, 1.54) is 4.90 Å². The number of nitrogens with zero attached hydrogens (tertiary/aromatic N) is 2. The first-order chi connectivity index (χ1) is 10.7. The monoisotopic (exact) mass is 406 g/mol. The molecule has 0 aromatic heterocycles. The summed E-state index contributed by atoms with van der Waals surface area (Å²) in [6.07, 6.45) is -0.438. The van der Waals surface area contributed by atoms with Crippen LogP contribution in [0, 0.1) is 6.07 Å². The van der Waals surface area contributed by atoms with Gasteiger partial charge < -0.3 is 9.64 Å². The van der Waals surface area contributed by atoms with E-state index in [1.807, 2.05) is 39.0 Å². The summed E-state index contributed by atoms with van der Waals surface area (Å²) in [7, 11) is 0. The minimum absolute atomic E-state index is 0. The van der Waals surface area contributed by atoms with Gasteiger partial charge in [0.15, 0.2) is 0 Å². The summed E-state index contributed by atoms with van der Waals surface area (Å²) in [5.41, 5.74) is 1.38. The molecular formula is C18H25N2O3Y-. The standard InChI is InChI=1S/C18H25N2O3.Y/c1-13(2)14-6-8-15(9-7-14)20-11-10-19(12-16(20)21)17(22)23-18(3,4)5;/h6,8-9,13H,10-12H2,1-5H3;/q-1;. The second-order valence-electron chi connectivity index (χ2n) is 7.10. The fraction of sp³-hybridized carbons (Fsp3) is 0.556. The van der Waals surface area contributed by atoms with Gasteiger partial charge in [-0.05, 0) is 26.7 Å². The third-order valence-electron chi connectivity index (χ3n) is 3.63. The normalized spacial score (nSPS) is 15.3. The van der Waals surface area contributed by atoms with Gasteiger partial charge in [-0.25, -0.2) is 4.79 Å². The minimum Gasteiger partial charge on any atom is -0.444 e. The Morgan fingerprint density at radius 1 is 1.25 bits per heavy atom. The van der Waals surface area contributed by atoms with Crippen LogP contribution in [0.1, 0.15) is 46.1 Å². The van der Waals surface area contributed by atoms with Crippen LogP contribution in [0.2, 0.25) is 0 Å². The fourth-order valence-electron chi connectivity index (χ4n) is 2.38. The SMILES string of the molecule is CC(C)c1[c-]cc(N2CCN(C(=O)OC(C)(C)C)CC2=O)cc1.[Y]. The maximum Gasteiger partial charge on any atom is 0.410 e. The van der Waals surface area contributed by atoms with Gasteiger partial charge in [-0.2, -0.15) is 23.8 Å². The predicted octanol–water partition coefficient (Wildman–Crippen LogP) is 3.19. The molecule has 129 valence electrons. The second kappa shape index (κ2) is 8.44. The molecule has 1 aliphatic rings. The molecule has 5 nitrogen and oxygen atoms in total. The molecular weight excluding hydrogens is 381 g/mol. The Morgan fingerprint density at radius 3 is 2.38 bits per heavy atom. The van der Waals surface area contributed by atoms with Crippen LogP contribution in [-0.2, 0) is 42.2 Å². The van der Waals surface area contributed by atoms with Crippen LogP contribution < -0.4 is 4.90 Å². The molecule has 1 aromatic rings. The predicted molar refractivity (Wildman–Crippen MR) is 89.5 cm³/mol. The number of hydrogen-bond acceptors (Lipinski definition) is 3. The van der Waals surface area contributed by atoms with E-state index in [-0.39, 0.29) is 45.2 Å². The van der Waals surface area contributed by atoms with Crippen molar-refractivity contribution in [3.05, 3.63) is 29.8 Å². The molecule has 1 radical (unpaired) electrons. The van der Waals surface area contributed by atoms with Crippen molar-refractivity contribution in [3.63, 3.8) is 0 Å². The molecule has 0 aliphatic carbocycles. The van der Waals surface area contributed by atoms with Crippen LogP contribution in [0.4, 0.5) is 10.5 Å². The van der Waals surface area contributed by atoms with Crippen molar-refractivity contribution in [1.29, 1.82) is 0 Å². The Kier molecular flexibility index (Phi) is 7.42. The molecule has 1 aromatic carbocycles. The van der Waals surface area contributed by atoms with Crippen LogP contribution in [0.5, 0.6) is 0 Å². The maximum atomic E-state index is 12.4. The molecule has 1 aliphatic heterocycles. The summed E-state index contributed by atoms with van der Waals surface area (Å²) in [5, 5.41) is 0. The molecule has 24 heavy (non-hydrogen) atoms. The summed E-state index contributed by atoms with van der Waals surface area (Å²) < 4.78 is 5.32. The van der Waals surface area contributed by atoms with Gasteiger partial charge in [0.25, 0.3) is 0 Å². The zero-order chi connectivity index (χ0) is 17.2. The molecule has 2 rings (SSSR count). The van der Waals surface area contributed by atoms with E-state index < -0.39 is 11.7 Å². The molecule has 1 saturated heterocycles. The van der Waals surface area contributed by atoms with E-state index >= 15 is 0 Å². The first kappa shape index (κ1) is 21.1. The van der Waals surface area contributed by atoms with E-state index in [0.29, 0.717) is 19.0 Å². The molecule has 0 atom stereocenters. The third kappa shape index (κ3) is 5.56. The van der Waals surface area contributed by atoms with Crippen LogP contribution in [0.25, 0.3) is 0 Å². The van der Waals surface area contributed by atoms with Crippen molar-refractivity contribution in [2.24, 2.45) is 0 Å². The van der Waals surface area contributed by atoms with Crippen molar-refractivity contribution < 1.29 is 47.0 Å². The second-order valence-corrected chi connectivity index (χ2v) is 7.10. The van der Waals surface area contributed by atoms with Gasteiger partial charge in [0.1, 0.15) is 12.1 Å². The van der Waals surface area contributed by atoms with Crippen molar-refractivity contribution in [1.82, 2.24) is 4.90 Å². The molecule has 1 heterocycles. The number of amides is 2. The topological polar surface area (TPSA) is 49.9 Å². The van der Waals surface area contributed by atoms with E-state index in [1.54, 1.807) is 4.90 Å². The largest absolute Gasteiger partial charge is 0.444 e. The first-order valence-corrected chi connectivity index (χ1v) is 7.97. The molecule has 2 amide bonds. The molecule has 0 spiro atoms. The first-order valence-electron chi connectivity index (χ1n) is 7.97. The number of carbonyl (C=O) groups is 2. The maximum absolute atomic E-state index is 12.4. The van der Waals surface area contributed by atoms with Gasteiger partial charge in [0.2, 0.25) is 5.91 Å². The fourth-order valence-corrected chi connectivity index (χ4v) is 2.38. The molecule has 6 heteroatoms. The van der Waals surface area contributed by atoms with Crippen LogP contribution in [-0.4, -0.2) is 42.1 Å². The quantitative estimate of drug-likeness (QED) is 0.709. The Bertz CT molecular complexity index is 579. The number of benzene rings is 1. The van der Waals surface area contributed by atoms with Gasteiger partial charge in [-0.15, -0.1) is 6.07 Å². The molecule has 1 fully saturated rings. The van der Waals surface area contributed by atoms with Crippen molar-refractivity contribution >= 4 is 17.7 Å². The van der Waals surface area contributed by atoms with E-state index in [4.69, 9.17) is 4.74 Å². The van der Waals surface area contributed by atoms with Gasteiger partial charge in [-0.1, -0.05) is 19.5 Å². The number of ether oxygens (including phenoxy) is 1. The van der Waals surface area contributed by atoms with Gasteiger partial charge >= 0.3 is 6.09 Å². The van der Waals surface area contributed by atoms with Crippen molar-refractivity contribution in [2.45, 2.75) is 46.1 Å². The summed E-state index contributed by atoms with van der Waals surface area (Å²) in [6, 6.07) is 8.99. The average Bonchev–Trinajstić information content (AvgIpc) is 2.45. The third-order valence-corrected chi connectivity index (χ3v) is 3.63.